The van der Waals surface area contributed by atoms with Crippen molar-refractivity contribution in [2.45, 2.75) is 110 Å². The number of carbonyl (C=O) groups excluding carboxylic acids is 2. The quantitative estimate of drug-likeness (QED) is 0.186. The fourth-order valence-electron chi connectivity index (χ4n) is 3.44. The van der Waals surface area contributed by atoms with Crippen LogP contribution in [0, 0.1) is 11.3 Å². The number of nitriles is 1. The minimum Gasteiger partial charge on any atom is -0.462 e. The Morgan fingerprint density at radius 2 is 1.76 bits per heavy atom. The molecular formula is C26H45N3O6Si2. The first-order valence-electron chi connectivity index (χ1n) is 12.9. The van der Waals surface area contributed by atoms with Gasteiger partial charge in [-0.1, -0.05) is 41.5 Å². The minimum absolute atomic E-state index is 0.0127. The van der Waals surface area contributed by atoms with Crippen LogP contribution in [0.3, 0.4) is 0 Å². The van der Waals surface area contributed by atoms with Crippen molar-refractivity contribution in [3.8, 4) is 6.07 Å². The molecule has 2 aliphatic heterocycles. The van der Waals surface area contributed by atoms with E-state index in [-0.39, 0.29) is 40.2 Å². The average Bonchev–Trinajstić information content (AvgIpc) is 3.13. The topological polar surface area (TPSA) is 110 Å². The first-order chi connectivity index (χ1) is 16.8. The Morgan fingerprint density at radius 1 is 1.16 bits per heavy atom. The second-order valence-electron chi connectivity index (χ2n) is 12.6. The molecule has 3 atom stereocenters. The van der Waals surface area contributed by atoms with Gasteiger partial charge in [-0.2, -0.15) is 5.26 Å². The fourth-order valence-corrected chi connectivity index (χ4v) is 5.82. The molecule has 0 unspecified atom stereocenters. The molecule has 0 bridgehead atoms. The second-order valence-corrected chi connectivity index (χ2v) is 22.2. The highest BCUT2D eigenvalue weighted by Gasteiger charge is 2.48. The lowest BCUT2D eigenvalue weighted by Gasteiger charge is -2.40. The number of amides is 2. The highest BCUT2D eigenvalue weighted by molar-refractivity contribution is 6.74. The predicted molar refractivity (Wildman–Crippen MR) is 147 cm³/mol. The summed E-state index contributed by atoms with van der Waals surface area (Å²) in [7, 11) is -4.15. The zero-order chi connectivity index (χ0) is 28.4. The number of ether oxygens (including phenoxy) is 2. The van der Waals surface area contributed by atoms with Gasteiger partial charge < -0.3 is 23.6 Å². The van der Waals surface area contributed by atoms with Crippen molar-refractivity contribution in [1.29, 1.82) is 5.26 Å². The molecule has 0 radical (unpaired) electrons. The molecule has 1 fully saturated rings. The zero-order valence-electron chi connectivity index (χ0n) is 24.4. The normalized spacial score (nSPS) is 24.5. The summed E-state index contributed by atoms with van der Waals surface area (Å²) >= 11 is 0. The van der Waals surface area contributed by atoms with Gasteiger partial charge in [-0.25, -0.2) is 9.59 Å². The summed E-state index contributed by atoms with van der Waals surface area (Å²) in [5.41, 5.74) is -0.148. The van der Waals surface area contributed by atoms with Gasteiger partial charge in [0, 0.05) is 12.6 Å². The summed E-state index contributed by atoms with van der Waals surface area (Å²) in [6, 6.07) is 1.33. The average molecular weight is 552 g/mol. The lowest BCUT2D eigenvalue weighted by atomic mass is 10.1. The zero-order valence-corrected chi connectivity index (χ0v) is 26.4. The highest BCUT2D eigenvalue weighted by Crippen LogP contribution is 2.41. The van der Waals surface area contributed by atoms with E-state index in [0.717, 1.165) is 0 Å². The Hall–Kier alpha value is -1.98. The van der Waals surface area contributed by atoms with Crippen molar-refractivity contribution in [2.75, 3.05) is 13.2 Å². The van der Waals surface area contributed by atoms with E-state index in [0.29, 0.717) is 13.0 Å². The molecule has 0 aliphatic carbocycles. The van der Waals surface area contributed by atoms with Crippen molar-refractivity contribution in [2.24, 2.45) is 0 Å². The van der Waals surface area contributed by atoms with E-state index >= 15 is 0 Å². The predicted octanol–water partition coefficient (Wildman–Crippen LogP) is 5.39. The maximum absolute atomic E-state index is 13.0. The Labute approximate surface area is 224 Å². The third-order valence-corrected chi connectivity index (χ3v) is 16.9. The monoisotopic (exact) mass is 551 g/mol. The molecule has 2 heterocycles. The van der Waals surface area contributed by atoms with E-state index in [2.05, 4.69) is 73.0 Å². The molecule has 11 heteroatoms. The molecule has 0 spiro atoms. The number of nitrogens with zero attached hydrogens (tertiary/aromatic N) is 2. The highest BCUT2D eigenvalue weighted by atomic mass is 28.4. The summed E-state index contributed by atoms with van der Waals surface area (Å²) in [6.45, 7) is 24.1. The van der Waals surface area contributed by atoms with Gasteiger partial charge in [-0.05, 0) is 49.3 Å². The fraction of sp³-hybridized carbons (Fsp3) is 0.731. The van der Waals surface area contributed by atoms with Crippen LogP contribution >= 0.6 is 0 Å². The van der Waals surface area contributed by atoms with Gasteiger partial charge in [0.1, 0.15) is 18.4 Å². The first kappa shape index (κ1) is 31.2. The first-order valence-corrected chi connectivity index (χ1v) is 18.7. The molecule has 9 nitrogen and oxygen atoms in total. The van der Waals surface area contributed by atoms with Crippen LogP contribution in [0.1, 0.15) is 54.9 Å². The third-order valence-electron chi connectivity index (χ3n) is 7.90. The van der Waals surface area contributed by atoms with Crippen LogP contribution in [0.5, 0.6) is 0 Å². The third kappa shape index (κ3) is 7.32. The van der Waals surface area contributed by atoms with Crippen LogP contribution < -0.4 is 5.32 Å². The number of rotatable bonds is 8. The Morgan fingerprint density at radius 3 is 2.24 bits per heavy atom. The van der Waals surface area contributed by atoms with Crippen LogP contribution in [0.2, 0.25) is 36.3 Å². The van der Waals surface area contributed by atoms with Crippen molar-refractivity contribution in [3.05, 3.63) is 23.5 Å². The van der Waals surface area contributed by atoms with Crippen LogP contribution in [-0.4, -0.2) is 65.2 Å². The van der Waals surface area contributed by atoms with E-state index < -0.39 is 34.9 Å². The lowest BCUT2D eigenvalue weighted by Crippen LogP contribution is -2.48. The van der Waals surface area contributed by atoms with E-state index in [4.69, 9.17) is 18.3 Å². The van der Waals surface area contributed by atoms with Crippen LogP contribution in [0.4, 0.5) is 4.79 Å². The second kappa shape index (κ2) is 11.4. The van der Waals surface area contributed by atoms with Gasteiger partial charge in [0.05, 0.1) is 25.0 Å². The summed E-state index contributed by atoms with van der Waals surface area (Å²) in [6.07, 6.45) is 2.40. The molecule has 1 N–H and O–H groups in total. The van der Waals surface area contributed by atoms with Gasteiger partial charge in [0.25, 0.3) is 0 Å². The summed E-state index contributed by atoms with van der Waals surface area (Å²) < 4.78 is 24.6. The standard InChI is InChI=1S/C26H45N3O6Si2/c1-12-32-23(30)18(16-27)19-13-14-29(24(31)28-19)22-15-20(35-37(10,11)26(5,6)7)21(34-22)17-33-36(8,9)25(2,3)4/h13-14,20-22H,12,15,17H2,1-11H3,(H,28,31)/b19-18-/t20-,21+,22+/m0/s1. The van der Waals surface area contributed by atoms with E-state index in [1.54, 1.807) is 6.92 Å². The largest absolute Gasteiger partial charge is 0.462 e. The molecule has 0 saturated carbocycles. The maximum atomic E-state index is 13.0. The Balaban J connectivity index is 2.30. The smallest absolute Gasteiger partial charge is 0.351 e. The molecule has 2 rings (SSSR count). The van der Waals surface area contributed by atoms with Gasteiger partial charge >= 0.3 is 12.0 Å². The molecule has 2 amide bonds. The van der Waals surface area contributed by atoms with Crippen molar-refractivity contribution in [1.82, 2.24) is 10.2 Å². The van der Waals surface area contributed by atoms with Crippen LogP contribution in [0.15, 0.2) is 23.5 Å². The molecule has 0 aromatic carbocycles. The van der Waals surface area contributed by atoms with Crippen molar-refractivity contribution in [3.63, 3.8) is 0 Å². The van der Waals surface area contributed by atoms with Crippen molar-refractivity contribution >= 4 is 28.6 Å². The summed E-state index contributed by atoms with van der Waals surface area (Å²) in [5.74, 6) is -0.777. The van der Waals surface area contributed by atoms with Crippen molar-refractivity contribution < 1.29 is 27.9 Å². The molecule has 0 aromatic rings. The van der Waals surface area contributed by atoms with Crippen LogP contribution in [0.25, 0.3) is 0 Å². The number of hydrogen-bond acceptors (Lipinski definition) is 7. The van der Waals surface area contributed by atoms with Gasteiger partial charge in [0.2, 0.25) is 0 Å². The molecule has 2 aliphatic rings. The SMILES string of the molecule is CCOC(=O)/C(C#N)=C1/C=CN([C@H]2C[C@H](O[Si](C)(C)C(C)(C)C)[C@@H](CO[Si](C)(C)C(C)(C)C)O2)C(=O)N1. The number of allylic oxidation sites excluding steroid dienone is 1. The van der Waals surface area contributed by atoms with E-state index in [1.807, 2.05) is 6.07 Å². The lowest BCUT2D eigenvalue weighted by molar-refractivity contribution is -0.138. The van der Waals surface area contributed by atoms with E-state index in [9.17, 15) is 14.9 Å². The maximum Gasteiger partial charge on any atom is 0.351 e. The molecule has 208 valence electrons. The number of urea groups is 1. The number of hydrogen-bond donors (Lipinski definition) is 1. The van der Waals surface area contributed by atoms with Gasteiger partial charge in [0.15, 0.2) is 22.2 Å². The van der Waals surface area contributed by atoms with Gasteiger partial charge in [-0.15, -0.1) is 0 Å². The van der Waals surface area contributed by atoms with Gasteiger partial charge in [-0.3, -0.25) is 4.90 Å². The van der Waals surface area contributed by atoms with E-state index in [1.165, 1.54) is 17.2 Å². The summed E-state index contributed by atoms with van der Waals surface area (Å²) in [4.78, 5) is 26.6. The number of nitrogens with one attached hydrogen (secondary N) is 1. The summed E-state index contributed by atoms with van der Waals surface area (Å²) in [5, 5.41) is 12.1. The Bertz CT molecular complexity index is 972. The molecule has 37 heavy (non-hydrogen) atoms. The minimum atomic E-state index is -2.13. The van der Waals surface area contributed by atoms with Crippen LogP contribution in [-0.2, 0) is 23.1 Å². The number of carbonyl (C=O) groups is 2. The molecule has 0 aromatic heterocycles. The molecular weight excluding hydrogens is 506 g/mol. The molecule has 1 saturated heterocycles. The Kier molecular flexibility index (Phi) is 9.64. The number of esters is 1.